The molecule has 2 aromatic carbocycles. The summed E-state index contributed by atoms with van der Waals surface area (Å²) in [7, 11) is 0. The van der Waals surface area contributed by atoms with Crippen LogP contribution in [0.4, 0.5) is 0 Å². The predicted molar refractivity (Wildman–Crippen MR) is 121 cm³/mol. The lowest BCUT2D eigenvalue weighted by molar-refractivity contribution is 0.777. The van der Waals surface area contributed by atoms with Crippen LogP contribution in [0.5, 0.6) is 0 Å². The van der Waals surface area contributed by atoms with Crippen molar-refractivity contribution in [1.29, 1.82) is 0 Å². The minimum Gasteiger partial charge on any atom is -0.324 e. The van der Waals surface area contributed by atoms with Gasteiger partial charge in [-0.2, -0.15) is 0 Å². The fourth-order valence-electron chi connectivity index (χ4n) is 3.78. The molecule has 3 nitrogen and oxygen atoms in total. The summed E-state index contributed by atoms with van der Waals surface area (Å²) in [6, 6.07) is 16.4. The van der Waals surface area contributed by atoms with Crippen LogP contribution >= 0.6 is 11.6 Å². The topological polar surface area (TPSA) is 30.7 Å². The Kier molecular flexibility index (Phi) is 5.25. The predicted octanol–water partition coefficient (Wildman–Crippen LogP) is 6.88. The molecule has 0 spiro atoms. The summed E-state index contributed by atoms with van der Waals surface area (Å²) in [5.74, 6) is 0.991. The molecule has 0 radical (unpaired) electrons. The molecule has 0 unspecified atom stereocenters. The van der Waals surface area contributed by atoms with Crippen molar-refractivity contribution >= 4 is 11.6 Å². The lowest BCUT2D eigenvalue weighted by atomic mass is 9.98. The number of aromatic nitrogens is 3. The SMILES string of the molecule is CCn1c(-c2ccc(C)c(C)c2C)nc(-c2ccncc2)c1-c1ccc(Cl)cc1. The van der Waals surface area contributed by atoms with Crippen LogP contribution in [0.15, 0.2) is 60.9 Å². The zero-order chi connectivity index (χ0) is 20.5. The molecule has 0 bridgehead atoms. The second kappa shape index (κ2) is 7.84. The van der Waals surface area contributed by atoms with E-state index in [1.807, 2.05) is 36.7 Å². The molecule has 4 rings (SSSR count). The highest BCUT2D eigenvalue weighted by atomic mass is 35.5. The Balaban J connectivity index is 2.04. The van der Waals surface area contributed by atoms with Crippen LogP contribution in [0.1, 0.15) is 23.6 Å². The van der Waals surface area contributed by atoms with Crippen LogP contribution in [0, 0.1) is 20.8 Å². The van der Waals surface area contributed by atoms with Gasteiger partial charge in [-0.1, -0.05) is 35.9 Å². The fraction of sp³-hybridized carbons (Fsp3) is 0.200. The van der Waals surface area contributed by atoms with Gasteiger partial charge in [0.05, 0.1) is 11.4 Å². The summed E-state index contributed by atoms with van der Waals surface area (Å²) in [6.07, 6.45) is 3.62. The van der Waals surface area contributed by atoms with E-state index in [1.165, 1.54) is 22.3 Å². The van der Waals surface area contributed by atoms with Gasteiger partial charge in [0.2, 0.25) is 0 Å². The first-order valence-corrected chi connectivity index (χ1v) is 10.2. The lowest BCUT2D eigenvalue weighted by Crippen LogP contribution is -2.02. The number of nitrogens with zero attached hydrogens (tertiary/aromatic N) is 3. The normalized spacial score (nSPS) is 11.1. The number of rotatable bonds is 4. The second-order valence-corrected chi connectivity index (χ2v) is 7.74. The van der Waals surface area contributed by atoms with Gasteiger partial charge in [0.25, 0.3) is 0 Å². The Morgan fingerprint density at radius 2 is 1.52 bits per heavy atom. The van der Waals surface area contributed by atoms with E-state index < -0.39 is 0 Å². The second-order valence-electron chi connectivity index (χ2n) is 7.30. The van der Waals surface area contributed by atoms with Crippen LogP contribution in [0.25, 0.3) is 33.9 Å². The van der Waals surface area contributed by atoms with Gasteiger partial charge >= 0.3 is 0 Å². The van der Waals surface area contributed by atoms with Crippen LogP contribution in [-0.2, 0) is 6.54 Å². The van der Waals surface area contributed by atoms with Gasteiger partial charge in [0.1, 0.15) is 5.82 Å². The molecule has 4 heteroatoms. The molecule has 146 valence electrons. The molecule has 0 saturated heterocycles. The minimum atomic E-state index is 0.729. The molecule has 2 aromatic heterocycles. The minimum absolute atomic E-state index is 0.729. The van der Waals surface area contributed by atoms with Crippen LogP contribution in [0.2, 0.25) is 5.02 Å². The third kappa shape index (κ3) is 3.47. The van der Waals surface area contributed by atoms with Crippen molar-refractivity contribution in [2.24, 2.45) is 0 Å². The van der Waals surface area contributed by atoms with E-state index in [2.05, 4.69) is 61.5 Å². The maximum Gasteiger partial charge on any atom is 0.141 e. The average Bonchev–Trinajstić information content (AvgIpc) is 3.12. The van der Waals surface area contributed by atoms with Gasteiger partial charge in [0, 0.05) is 40.7 Å². The molecule has 0 aliphatic heterocycles. The number of benzene rings is 2. The largest absolute Gasteiger partial charge is 0.324 e. The molecule has 4 aromatic rings. The van der Waals surface area contributed by atoms with Gasteiger partial charge in [-0.25, -0.2) is 4.98 Å². The fourth-order valence-corrected chi connectivity index (χ4v) is 3.90. The summed E-state index contributed by atoms with van der Waals surface area (Å²) in [5.41, 5.74) is 9.27. The van der Waals surface area contributed by atoms with Crippen molar-refractivity contribution in [3.05, 3.63) is 82.6 Å². The first kappa shape index (κ1) is 19.4. The Morgan fingerprint density at radius 3 is 2.17 bits per heavy atom. The number of hydrogen-bond donors (Lipinski definition) is 0. The molecule has 0 aliphatic carbocycles. The third-order valence-corrected chi connectivity index (χ3v) is 5.91. The molecule has 0 atom stereocenters. The van der Waals surface area contributed by atoms with Gasteiger partial charge in [-0.05, 0) is 68.7 Å². The maximum absolute atomic E-state index is 6.15. The Hall–Kier alpha value is -2.91. The van der Waals surface area contributed by atoms with Crippen LogP contribution < -0.4 is 0 Å². The van der Waals surface area contributed by atoms with Crippen molar-refractivity contribution in [2.75, 3.05) is 0 Å². The van der Waals surface area contributed by atoms with E-state index in [0.717, 1.165) is 39.9 Å². The number of aryl methyl sites for hydroxylation is 1. The third-order valence-electron chi connectivity index (χ3n) is 5.65. The lowest BCUT2D eigenvalue weighted by Gasteiger charge is -2.14. The monoisotopic (exact) mass is 401 g/mol. The standard InChI is InChI=1S/C25H24ClN3/c1-5-29-24(20-7-9-21(26)10-8-20)23(19-12-14-27-15-13-19)28-25(29)22-11-6-16(2)17(3)18(22)4/h6-15H,5H2,1-4H3. The maximum atomic E-state index is 6.15. The molecular formula is C25H24ClN3. The summed E-state index contributed by atoms with van der Waals surface area (Å²) in [6.45, 7) is 9.49. The van der Waals surface area contributed by atoms with Gasteiger partial charge in [-0.15, -0.1) is 0 Å². The Morgan fingerprint density at radius 1 is 0.828 bits per heavy atom. The molecule has 0 fully saturated rings. The first-order chi connectivity index (χ1) is 14.0. The van der Waals surface area contributed by atoms with E-state index in [4.69, 9.17) is 16.6 Å². The van der Waals surface area contributed by atoms with Crippen molar-refractivity contribution in [1.82, 2.24) is 14.5 Å². The molecule has 0 N–H and O–H groups in total. The summed E-state index contributed by atoms with van der Waals surface area (Å²) in [5, 5.41) is 0.729. The van der Waals surface area contributed by atoms with Crippen LogP contribution in [0.3, 0.4) is 0 Å². The molecule has 29 heavy (non-hydrogen) atoms. The zero-order valence-corrected chi connectivity index (χ0v) is 18.0. The van der Waals surface area contributed by atoms with Gasteiger partial charge < -0.3 is 4.57 Å². The van der Waals surface area contributed by atoms with Crippen LogP contribution in [-0.4, -0.2) is 14.5 Å². The van der Waals surface area contributed by atoms with Crippen molar-refractivity contribution in [2.45, 2.75) is 34.2 Å². The van der Waals surface area contributed by atoms with Gasteiger partial charge in [0.15, 0.2) is 0 Å². The molecular weight excluding hydrogens is 378 g/mol. The number of pyridine rings is 1. The van der Waals surface area contributed by atoms with E-state index in [9.17, 15) is 0 Å². The van der Waals surface area contributed by atoms with Crippen molar-refractivity contribution < 1.29 is 0 Å². The first-order valence-electron chi connectivity index (χ1n) is 9.85. The van der Waals surface area contributed by atoms with E-state index in [-0.39, 0.29) is 0 Å². The smallest absolute Gasteiger partial charge is 0.141 e. The molecule has 0 saturated carbocycles. The van der Waals surface area contributed by atoms with Crippen molar-refractivity contribution in [3.8, 4) is 33.9 Å². The number of imidazole rings is 1. The Bertz CT molecular complexity index is 1160. The number of hydrogen-bond acceptors (Lipinski definition) is 2. The van der Waals surface area contributed by atoms with Gasteiger partial charge in [-0.3, -0.25) is 4.98 Å². The average molecular weight is 402 g/mol. The quantitative estimate of drug-likeness (QED) is 0.373. The highest BCUT2D eigenvalue weighted by Gasteiger charge is 2.21. The highest BCUT2D eigenvalue weighted by molar-refractivity contribution is 6.30. The van der Waals surface area contributed by atoms with E-state index >= 15 is 0 Å². The summed E-state index contributed by atoms with van der Waals surface area (Å²) >= 11 is 6.15. The van der Waals surface area contributed by atoms with E-state index in [0.29, 0.717) is 0 Å². The molecule has 0 amide bonds. The summed E-state index contributed by atoms with van der Waals surface area (Å²) < 4.78 is 2.30. The number of halogens is 1. The summed E-state index contributed by atoms with van der Waals surface area (Å²) in [4.78, 5) is 9.33. The van der Waals surface area contributed by atoms with E-state index in [1.54, 1.807) is 0 Å². The zero-order valence-electron chi connectivity index (χ0n) is 17.2. The highest BCUT2D eigenvalue weighted by Crippen LogP contribution is 2.38. The molecule has 0 aliphatic rings. The van der Waals surface area contributed by atoms with Crippen molar-refractivity contribution in [3.63, 3.8) is 0 Å². The molecule has 2 heterocycles. The Labute approximate surface area is 177 Å².